The first-order chi connectivity index (χ1) is 29.4. The van der Waals surface area contributed by atoms with E-state index in [9.17, 15) is 14.4 Å². The summed E-state index contributed by atoms with van der Waals surface area (Å²) >= 11 is 0. The van der Waals surface area contributed by atoms with Crippen molar-refractivity contribution in [3.8, 4) is 0 Å². The molecule has 0 aliphatic rings. The second-order valence-electron chi connectivity index (χ2n) is 17.9. The molecule has 0 saturated carbocycles. The van der Waals surface area contributed by atoms with Crippen molar-refractivity contribution in [2.45, 2.75) is 276 Å². The molecular weight excluding hydrogens is 757 g/mol. The van der Waals surface area contributed by atoms with Crippen LogP contribution in [0.15, 0.2) is 0 Å². The number of rotatable bonds is 53. The molecule has 9 nitrogen and oxygen atoms in total. The number of unbranched alkanes of at least 4 members (excludes halogenated alkanes) is 36. The van der Waals surface area contributed by atoms with Crippen molar-refractivity contribution in [3.05, 3.63) is 0 Å². The second kappa shape index (κ2) is 49.9. The van der Waals surface area contributed by atoms with Crippen LogP contribution in [0.1, 0.15) is 270 Å². The van der Waals surface area contributed by atoms with Gasteiger partial charge in [0.2, 0.25) is 0 Å². The summed E-state index contributed by atoms with van der Waals surface area (Å²) in [5, 5.41) is 26.2. The van der Waals surface area contributed by atoms with Gasteiger partial charge in [-0.3, -0.25) is 14.4 Å². The molecule has 0 spiro atoms. The van der Waals surface area contributed by atoms with Crippen molar-refractivity contribution in [3.63, 3.8) is 0 Å². The third-order valence-electron chi connectivity index (χ3n) is 11.9. The van der Waals surface area contributed by atoms with Crippen LogP contribution in [0.5, 0.6) is 0 Å². The Morgan fingerprint density at radius 3 is 0.667 bits per heavy atom. The maximum absolute atomic E-state index is 10.6. The van der Waals surface area contributed by atoms with Crippen LogP contribution in [0.4, 0.5) is 0 Å². The van der Waals surface area contributed by atoms with E-state index < -0.39 is 17.9 Å². The predicted molar refractivity (Wildman–Crippen MR) is 248 cm³/mol. The van der Waals surface area contributed by atoms with Crippen molar-refractivity contribution < 1.29 is 43.9 Å². The summed E-state index contributed by atoms with van der Waals surface area (Å²) in [6.07, 6.45) is 48.3. The van der Waals surface area contributed by atoms with Crippen molar-refractivity contribution in [2.75, 3.05) is 33.0 Å². The van der Waals surface area contributed by atoms with E-state index in [1.165, 1.54) is 193 Å². The average molecular weight is 855 g/mol. The zero-order valence-electron chi connectivity index (χ0n) is 39.1. The Kier molecular flexibility index (Phi) is 48.5. The first-order valence-electron chi connectivity index (χ1n) is 25.8. The van der Waals surface area contributed by atoms with Gasteiger partial charge in [0.25, 0.3) is 0 Å². The van der Waals surface area contributed by atoms with Crippen molar-refractivity contribution >= 4 is 17.9 Å². The Morgan fingerprint density at radius 1 is 0.267 bits per heavy atom. The molecule has 356 valence electrons. The molecule has 0 radical (unpaired) electrons. The lowest BCUT2D eigenvalue weighted by Gasteiger charge is -2.18. The summed E-state index contributed by atoms with van der Waals surface area (Å²) in [5.74, 6) is -2.02. The molecule has 0 heterocycles. The van der Waals surface area contributed by atoms with E-state index in [4.69, 9.17) is 29.5 Å². The van der Waals surface area contributed by atoms with Gasteiger partial charge in [0.15, 0.2) is 0 Å². The first-order valence-corrected chi connectivity index (χ1v) is 25.8. The number of hydrogen-bond donors (Lipinski definition) is 3. The number of carboxylic acids is 3. The highest BCUT2D eigenvalue weighted by Crippen LogP contribution is 2.16. The molecular formula is C51H98O9. The minimum atomic E-state index is -0.673. The normalized spacial score (nSPS) is 11.6. The fourth-order valence-electron chi connectivity index (χ4n) is 8.00. The van der Waals surface area contributed by atoms with Gasteiger partial charge in [-0.25, -0.2) is 0 Å². The van der Waals surface area contributed by atoms with Crippen molar-refractivity contribution in [1.29, 1.82) is 0 Å². The average Bonchev–Trinajstić information content (AvgIpc) is 3.22. The van der Waals surface area contributed by atoms with Crippen LogP contribution in [-0.4, -0.2) is 72.4 Å². The van der Waals surface area contributed by atoms with Gasteiger partial charge in [-0.1, -0.05) is 212 Å². The molecule has 0 aromatic rings. The van der Waals surface area contributed by atoms with Crippen LogP contribution < -0.4 is 0 Å². The lowest BCUT2D eigenvalue weighted by Crippen LogP contribution is -2.26. The lowest BCUT2D eigenvalue weighted by molar-refractivity contribution is -0.138. The number of carboxylic acid groups (broad SMARTS) is 3. The molecule has 60 heavy (non-hydrogen) atoms. The van der Waals surface area contributed by atoms with E-state index in [0.29, 0.717) is 32.5 Å². The van der Waals surface area contributed by atoms with Gasteiger partial charge in [-0.2, -0.15) is 0 Å². The molecule has 0 rings (SSSR count). The van der Waals surface area contributed by atoms with E-state index >= 15 is 0 Å². The Morgan fingerprint density at radius 2 is 0.450 bits per heavy atom. The van der Waals surface area contributed by atoms with Gasteiger partial charge in [0.1, 0.15) is 6.10 Å². The SMILES string of the molecule is O=C(O)CCCCCCCCCCCCCCCOCC(COCCCCCCCCCCCCCCCC(=O)O)OCCCCCCCCCCCCCCCC(=O)O. The number of carbonyl (C=O) groups is 3. The maximum Gasteiger partial charge on any atom is 0.303 e. The zero-order valence-corrected chi connectivity index (χ0v) is 39.1. The molecule has 3 N–H and O–H groups in total. The van der Waals surface area contributed by atoms with Crippen LogP contribution in [-0.2, 0) is 28.6 Å². The number of aliphatic carboxylic acids is 3. The minimum Gasteiger partial charge on any atom is -0.481 e. The van der Waals surface area contributed by atoms with Crippen LogP contribution in [0.2, 0.25) is 0 Å². The Labute approximate surface area is 369 Å². The molecule has 0 aromatic carbocycles. The number of hydrogen-bond acceptors (Lipinski definition) is 6. The van der Waals surface area contributed by atoms with Gasteiger partial charge in [-0.05, 0) is 38.5 Å². The summed E-state index contributed by atoms with van der Waals surface area (Å²) in [6, 6.07) is 0. The number of ether oxygens (including phenoxy) is 3. The molecule has 0 bridgehead atoms. The van der Waals surface area contributed by atoms with Crippen LogP contribution >= 0.6 is 0 Å². The highest BCUT2D eigenvalue weighted by Gasteiger charge is 2.10. The fraction of sp³-hybridized carbons (Fsp3) is 0.941. The fourth-order valence-corrected chi connectivity index (χ4v) is 8.00. The molecule has 0 aliphatic heterocycles. The topological polar surface area (TPSA) is 140 Å². The smallest absolute Gasteiger partial charge is 0.303 e. The summed E-state index contributed by atoms with van der Waals surface area (Å²) < 4.78 is 18.5. The van der Waals surface area contributed by atoms with Crippen LogP contribution in [0.25, 0.3) is 0 Å². The molecule has 9 heteroatoms. The van der Waals surface area contributed by atoms with Crippen molar-refractivity contribution in [2.24, 2.45) is 0 Å². The van der Waals surface area contributed by atoms with E-state index in [1.54, 1.807) is 0 Å². The van der Waals surface area contributed by atoms with Gasteiger partial charge < -0.3 is 29.5 Å². The summed E-state index contributed by atoms with van der Waals surface area (Å²) in [5.41, 5.74) is 0. The summed E-state index contributed by atoms with van der Waals surface area (Å²) in [7, 11) is 0. The monoisotopic (exact) mass is 855 g/mol. The van der Waals surface area contributed by atoms with Crippen LogP contribution in [0.3, 0.4) is 0 Å². The second-order valence-corrected chi connectivity index (χ2v) is 17.9. The Hall–Kier alpha value is -1.71. The minimum absolute atomic E-state index is 0.0108. The molecule has 0 saturated heterocycles. The third kappa shape index (κ3) is 52.4. The van der Waals surface area contributed by atoms with E-state index in [0.717, 1.165) is 77.6 Å². The third-order valence-corrected chi connectivity index (χ3v) is 11.9. The molecule has 0 aromatic heterocycles. The van der Waals surface area contributed by atoms with Gasteiger partial charge in [-0.15, -0.1) is 0 Å². The predicted octanol–water partition coefficient (Wildman–Crippen LogP) is 15.0. The molecule has 0 unspecified atom stereocenters. The highest BCUT2D eigenvalue weighted by molar-refractivity contribution is 5.67. The Balaban J connectivity index is 3.98. The quantitative estimate of drug-likeness (QED) is 0.0510. The standard InChI is InChI=1S/C51H98O9/c52-49(53)40-34-28-22-16-10-4-1-7-13-19-25-31-37-43-58-46-48(60-45-39-33-27-21-15-9-3-6-12-18-24-30-36-42-51(56)57)47-59-44-38-32-26-20-14-8-2-5-11-17-23-29-35-41-50(54)55/h48H,1-47H2,(H,52,53)(H,54,55)(H,56,57). The maximum atomic E-state index is 10.6. The molecule has 0 amide bonds. The van der Waals surface area contributed by atoms with Gasteiger partial charge in [0, 0.05) is 39.1 Å². The highest BCUT2D eigenvalue weighted by atomic mass is 16.6. The van der Waals surface area contributed by atoms with Gasteiger partial charge >= 0.3 is 17.9 Å². The first kappa shape index (κ1) is 58.3. The van der Waals surface area contributed by atoms with E-state index in [-0.39, 0.29) is 6.10 Å². The van der Waals surface area contributed by atoms with Crippen LogP contribution in [0, 0.1) is 0 Å². The molecule has 0 atom stereocenters. The Bertz CT molecular complexity index is 850. The summed E-state index contributed by atoms with van der Waals surface area (Å²) in [4.78, 5) is 31.8. The lowest BCUT2D eigenvalue weighted by atomic mass is 10.0. The summed E-state index contributed by atoms with van der Waals surface area (Å²) in [6.45, 7) is 3.62. The van der Waals surface area contributed by atoms with Gasteiger partial charge in [0.05, 0.1) is 13.2 Å². The molecule has 0 aliphatic carbocycles. The van der Waals surface area contributed by atoms with E-state index in [1.807, 2.05) is 0 Å². The van der Waals surface area contributed by atoms with Crippen molar-refractivity contribution in [1.82, 2.24) is 0 Å². The largest absolute Gasteiger partial charge is 0.481 e. The zero-order chi connectivity index (χ0) is 43.7. The molecule has 0 fully saturated rings. The van der Waals surface area contributed by atoms with E-state index in [2.05, 4.69) is 0 Å².